The number of carbonyl (C=O) groups is 1. The fraction of sp³-hybridized carbons (Fsp3) is 0.0714. The predicted molar refractivity (Wildman–Crippen MR) is 63.8 cm³/mol. The van der Waals surface area contributed by atoms with Crippen LogP contribution in [-0.2, 0) is 0 Å². The lowest BCUT2D eigenvalue weighted by Crippen LogP contribution is -2.10. The first-order chi connectivity index (χ1) is 9.40. The molecule has 3 nitrogen and oxygen atoms in total. The van der Waals surface area contributed by atoms with Crippen molar-refractivity contribution in [1.82, 2.24) is 0 Å². The van der Waals surface area contributed by atoms with Crippen LogP contribution in [0.15, 0.2) is 36.4 Å². The fourth-order valence-corrected chi connectivity index (χ4v) is 1.80. The summed E-state index contributed by atoms with van der Waals surface area (Å²) in [4.78, 5) is 11.0. The smallest absolute Gasteiger partial charge is 0.336 e. The Labute approximate surface area is 111 Å². The monoisotopic (exact) mass is 282 g/mol. The Hall–Kier alpha value is -2.34. The first kappa shape index (κ1) is 14.1. The standard InChI is InChI=1S/C14H9F3O3/c15-8-3-1-7(2-4-8)13(18)9-5-11(16)12(17)6-10(9)14(19)20/h1-6,13,18H,(H,19,20). The molecule has 20 heavy (non-hydrogen) atoms. The molecule has 0 amide bonds. The number of halogens is 3. The van der Waals surface area contributed by atoms with E-state index in [9.17, 15) is 23.1 Å². The van der Waals surface area contributed by atoms with Crippen molar-refractivity contribution in [3.63, 3.8) is 0 Å². The Morgan fingerprint density at radius 2 is 1.55 bits per heavy atom. The molecule has 0 spiro atoms. The van der Waals surface area contributed by atoms with Gasteiger partial charge in [0, 0.05) is 5.56 Å². The largest absolute Gasteiger partial charge is 0.478 e. The number of benzene rings is 2. The average molecular weight is 282 g/mol. The zero-order valence-electron chi connectivity index (χ0n) is 9.98. The third-order valence-corrected chi connectivity index (χ3v) is 2.80. The molecule has 0 aliphatic carbocycles. The number of aromatic carboxylic acids is 1. The van der Waals surface area contributed by atoms with Crippen LogP contribution in [0.5, 0.6) is 0 Å². The van der Waals surface area contributed by atoms with E-state index in [1.807, 2.05) is 0 Å². The number of hydrogen-bond acceptors (Lipinski definition) is 2. The fourth-order valence-electron chi connectivity index (χ4n) is 1.80. The van der Waals surface area contributed by atoms with Gasteiger partial charge in [-0.3, -0.25) is 0 Å². The van der Waals surface area contributed by atoms with Gasteiger partial charge in [0.15, 0.2) is 11.6 Å². The van der Waals surface area contributed by atoms with E-state index in [0.29, 0.717) is 12.1 Å². The second kappa shape index (κ2) is 5.34. The van der Waals surface area contributed by atoms with Crippen LogP contribution < -0.4 is 0 Å². The second-order valence-electron chi connectivity index (χ2n) is 4.11. The Morgan fingerprint density at radius 1 is 1.00 bits per heavy atom. The summed E-state index contributed by atoms with van der Waals surface area (Å²) in [7, 11) is 0. The van der Waals surface area contributed by atoms with Gasteiger partial charge in [-0.15, -0.1) is 0 Å². The first-order valence-electron chi connectivity index (χ1n) is 5.56. The van der Waals surface area contributed by atoms with Crippen LogP contribution in [0, 0.1) is 17.5 Å². The van der Waals surface area contributed by atoms with E-state index >= 15 is 0 Å². The van der Waals surface area contributed by atoms with E-state index in [1.165, 1.54) is 12.1 Å². The van der Waals surface area contributed by atoms with Crippen molar-refractivity contribution in [2.24, 2.45) is 0 Å². The van der Waals surface area contributed by atoms with E-state index in [4.69, 9.17) is 5.11 Å². The molecule has 0 aromatic heterocycles. The summed E-state index contributed by atoms with van der Waals surface area (Å²) < 4.78 is 39.1. The number of rotatable bonds is 3. The van der Waals surface area contributed by atoms with Gasteiger partial charge in [0.05, 0.1) is 5.56 Å². The molecule has 2 rings (SSSR count). The normalized spacial score (nSPS) is 12.2. The molecule has 1 unspecified atom stereocenters. The van der Waals surface area contributed by atoms with Crippen molar-refractivity contribution in [3.05, 3.63) is 70.5 Å². The summed E-state index contributed by atoms with van der Waals surface area (Å²) in [6.07, 6.45) is -1.50. The minimum Gasteiger partial charge on any atom is -0.478 e. The number of carboxylic acids is 1. The Bertz CT molecular complexity index is 653. The van der Waals surface area contributed by atoms with Gasteiger partial charge in [0.1, 0.15) is 11.9 Å². The summed E-state index contributed by atoms with van der Waals surface area (Å²) in [5, 5.41) is 19.0. The van der Waals surface area contributed by atoms with E-state index < -0.39 is 35.1 Å². The molecular weight excluding hydrogens is 273 g/mol. The van der Waals surface area contributed by atoms with Gasteiger partial charge >= 0.3 is 5.97 Å². The highest BCUT2D eigenvalue weighted by Crippen LogP contribution is 2.27. The van der Waals surface area contributed by atoms with Crippen molar-refractivity contribution in [1.29, 1.82) is 0 Å². The summed E-state index contributed by atoms with van der Waals surface area (Å²) in [5.41, 5.74) is -0.691. The molecule has 0 saturated carbocycles. The molecule has 2 aromatic carbocycles. The number of aliphatic hydroxyl groups is 1. The summed E-state index contributed by atoms with van der Waals surface area (Å²) in [6, 6.07) is 5.71. The maximum absolute atomic E-state index is 13.2. The molecule has 0 fully saturated rings. The molecule has 0 bridgehead atoms. The first-order valence-corrected chi connectivity index (χ1v) is 5.56. The number of hydrogen-bond donors (Lipinski definition) is 2. The maximum Gasteiger partial charge on any atom is 0.336 e. The maximum atomic E-state index is 13.2. The second-order valence-corrected chi connectivity index (χ2v) is 4.11. The quantitative estimate of drug-likeness (QED) is 0.910. The van der Waals surface area contributed by atoms with Crippen molar-refractivity contribution in [2.45, 2.75) is 6.10 Å². The van der Waals surface area contributed by atoms with Gasteiger partial charge in [-0.2, -0.15) is 0 Å². The molecule has 0 heterocycles. The molecule has 104 valence electrons. The molecule has 2 N–H and O–H groups in total. The van der Waals surface area contributed by atoms with E-state index in [0.717, 1.165) is 12.1 Å². The van der Waals surface area contributed by atoms with Crippen LogP contribution in [-0.4, -0.2) is 16.2 Å². The van der Waals surface area contributed by atoms with Crippen LogP contribution >= 0.6 is 0 Å². The van der Waals surface area contributed by atoms with Gasteiger partial charge in [0.2, 0.25) is 0 Å². The van der Waals surface area contributed by atoms with E-state index in [2.05, 4.69) is 0 Å². The van der Waals surface area contributed by atoms with Crippen LogP contribution in [0.25, 0.3) is 0 Å². The van der Waals surface area contributed by atoms with Crippen LogP contribution in [0.4, 0.5) is 13.2 Å². The average Bonchev–Trinajstić information content (AvgIpc) is 2.41. The molecule has 0 saturated heterocycles. The minimum atomic E-state index is -1.50. The van der Waals surface area contributed by atoms with Crippen molar-refractivity contribution >= 4 is 5.97 Å². The third kappa shape index (κ3) is 2.65. The minimum absolute atomic E-state index is 0.167. The van der Waals surface area contributed by atoms with Crippen molar-refractivity contribution in [2.75, 3.05) is 0 Å². The van der Waals surface area contributed by atoms with E-state index in [1.54, 1.807) is 0 Å². The SMILES string of the molecule is O=C(O)c1cc(F)c(F)cc1C(O)c1ccc(F)cc1. The highest BCUT2D eigenvalue weighted by molar-refractivity contribution is 5.89. The lowest BCUT2D eigenvalue weighted by molar-refractivity contribution is 0.0690. The van der Waals surface area contributed by atoms with Crippen LogP contribution in [0.3, 0.4) is 0 Å². The van der Waals surface area contributed by atoms with Crippen LogP contribution in [0.2, 0.25) is 0 Å². The topological polar surface area (TPSA) is 57.5 Å². The lowest BCUT2D eigenvalue weighted by atomic mass is 9.96. The van der Waals surface area contributed by atoms with Crippen molar-refractivity contribution < 1.29 is 28.2 Å². The zero-order valence-corrected chi connectivity index (χ0v) is 9.98. The Morgan fingerprint density at radius 3 is 2.10 bits per heavy atom. The highest BCUT2D eigenvalue weighted by Gasteiger charge is 2.21. The molecular formula is C14H9F3O3. The van der Waals surface area contributed by atoms with Gasteiger partial charge in [-0.05, 0) is 29.8 Å². The van der Waals surface area contributed by atoms with Gasteiger partial charge < -0.3 is 10.2 Å². The molecule has 1 atom stereocenters. The van der Waals surface area contributed by atoms with Gasteiger partial charge in [-0.25, -0.2) is 18.0 Å². The highest BCUT2D eigenvalue weighted by atomic mass is 19.2. The molecule has 2 aromatic rings. The Kier molecular flexibility index (Phi) is 3.76. The Balaban J connectivity index is 2.53. The zero-order chi connectivity index (χ0) is 14.9. The predicted octanol–water partition coefficient (Wildman–Crippen LogP) is 2.88. The number of aliphatic hydroxyl groups excluding tert-OH is 1. The molecule has 6 heteroatoms. The van der Waals surface area contributed by atoms with Crippen LogP contribution in [0.1, 0.15) is 27.6 Å². The lowest BCUT2D eigenvalue weighted by Gasteiger charge is -2.14. The molecule has 0 aliphatic rings. The summed E-state index contributed by atoms with van der Waals surface area (Å²) >= 11 is 0. The van der Waals surface area contributed by atoms with Gasteiger partial charge in [0.25, 0.3) is 0 Å². The van der Waals surface area contributed by atoms with E-state index in [-0.39, 0.29) is 11.1 Å². The van der Waals surface area contributed by atoms with Gasteiger partial charge in [-0.1, -0.05) is 12.1 Å². The van der Waals surface area contributed by atoms with Crippen molar-refractivity contribution in [3.8, 4) is 0 Å². The summed E-state index contributed by atoms with van der Waals surface area (Å²) in [5.74, 6) is -4.63. The summed E-state index contributed by atoms with van der Waals surface area (Å²) in [6.45, 7) is 0. The number of carboxylic acid groups (broad SMARTS) is 1. The third-order valence-electron chi connectivity index (χ3n) is 2.80. The molecule has 0 radical (unpaired) electrons. The molecule has 0 aliphatic heterocycles.